The zero-order valence-electron chi connectivity index (χ0n) is 10.8. The van der Waals surface area contributed by atoms with Gasteiger partial charge in [0.1, 0.15) is 0 Å². The highest BCUT2D eigenvalue weighted by molar-refractivity contribution is 5.91. The van der Waals surface area contributed by atoms with Crippen LogP contribution in [0.15, 0.2) is 24.3 Å². The maximum absolute atomic E-state index is 11.7. The number of amides is 1. The summed E-state index contributed by atoms with van der Waals surface area (Å²) < 4.78 is 0. The summed E-state index contributed by atoms with van der Waals surface area (Å²) >= 11 is 0. The number of hydrogen-bond donors (Lipinski definition) is 2. The molecule has 4 nitrogen and oxygen atoms in total. The molecule has 18 heavy (non-hydrogen) atoms. The smallest absolute Gasteiger partial charge is 0.335 e. The molecule has 0 radical (unpaired) electrons. The fourth-order valence-electron chi connectivity index (χ4n) is 1.55. The predicted octanol–water partition coefficient (Wildman–Crippen LogP) is 2.09. The van der Waals surface area contributed by atoms with Gasteiger partial charge in [-0.05, 0) is 17.5 Å². The Morgan fingerprint density at radius 3 is 2.61 bits per heavy atom. The maximum atomic E-state index is 11.7. The van der Waals surface area contributed by atoms with Crippen LogP contribution in [0.4, 0.5) is 0 Å². The van der Waals surface area contributed by atoms with E-state index in [9.17, 15) is 9.59 Å². The Morgan fingerprint density at radius 1 is 1.33 bits per heavy atom. The van der Waals surface area contributed by atoms with Crippen molar-refractivity contribution in [1.82, 2.24) is 5.32 Å². The summed E-state index contributed by atoms with van der Waals surface area (Å²) in [6, 6.07) is 6.58. The van der Waals surface area contributed by atoms with E-state index in [1.54, 1.807) is 18.2 Å². The summed E-state index contributed by atoms with van der Waals surface area (Å²) in [5, 5.41) is 11.8. The minimum absolute atomic E-state index is 0.110. The van der Waals surface area contributed by atoms with Crippen molar-refractivity contribution < 1.29 is 14.7 Å². The van der Waals surface area contributed by atoms with Crippen LogP contribution in [0.25, 0.3) is 0 Å². The first kappa shape index (κ1) is 14.2. The van der Waals surface area contributed by atoms with Crippen molar-refractivity contribution in [2.45, 2.75) is 26.7 Å². The lowest BCUT2D eigenvalue weighted by Gasteiger charge is -2.11. The van der Waals surface area contributed by atoms with Gasteiger partial charge in [0.05, 0.1) is 12.0 Å². The van der Waals surface area contributed by atoms with E-state index in [0.29, 0.717) is 18.0 Å². The number of benzene rings is 1. The largest absolute Gasteiger partial charge is 0.478 e. The molecule has 1 unspecified atom stereocenters. The van der Waals surface area contributed by atoms with Gasteiger partial charge in [0.2, 0.25) is 5.91 Å². The van der Waals surface area contributed by atoms with Gasteiger partial charge in [-0.15, -0.1) is 0 Å². The molecule has 0 saturated heterocycles. The number of carbonyl (C=O) groups is 2. The molecule has 1 rings (SSSR count). The molecule has 4 heteroatoms. The molecule has 0 aliphatic heterocycles. The third-order valence-corrected chi connectivity index (χ3v) is 2.94. The average Bonchev–Trinajstić information content (AvgIpc) is 2.36. The van der Waals surface area contributed by atoms with Crippen LogP contribution in [0.1, 0.15) is 36.2 Å². The lowest BCUT2D eigenvalue weighted by Crippen LogP contribution is -2.29. The quantitative estimate of drug-likeness (QED) is 0.811. The van der Waals surface area contributed by atoms with Crippen molar-refractivity contribution >= 4 is 11.9 Å². The molecule has 1 aromatic carbocycles. The van der Waals surface area contributed by atoms with Crippen molar-refractivity contribution in [2.24, 2.45) is 5.92 Å². The predicted molar refractivity (Wildman–Crippen MR) is 69.6 cm³/mol. The van der Waals surface area contributed by atoms with Crippen LogP contribution in [0, 0.1) is 5.92 Å². The van der Waals surface area contributed by atoms with Gasteiger partial charge < -0.3 is 10.4 Å². The summed E-state index contributed by atoms with van der Waals surface area (Å²) in [6.45, 7) is 4.76. The second-order valence-corrected chi connectivity index (χ2v) is 4.46. The van der Waals surface area contributed by atoms with Crippen LogP contribution in [0.5, 0.6) is 0 Å². The van der Waals surface area contributed by atoms with Crippen molar-refractivity contribution in [2.75, 3.05) is 6.54 Å². The topological polar surface area (TPSA) is 66.4 Å². The lowest BCUT2D eigenvalue weighted by atomic mass is 10.0. The lowest BCUT2D eigenvalue weighted by molar-refractivity contribution is -0.120. The SMILES string of the molecule is CCC(C)CNC(=O)Cc1ccccc1C(=O)O. The first-order chi connectivity index (χ1) is 8.54. The molecule has 0 aliphatic rings. The zero-order chi connectivity index (χ0) is 13.5. The Hall–Kier alpha value is -1.84. The molecular formula is C14H19NO3. The Morgan fingerprint density at radius 2 is 2.00 bits per heavy atom. The molecule has 1 atom stereocenters. The fraction of sp³-hybridized carbons (Fsp3) is 0.429. The number of hydrogen-bond acceptors (Lipinski definition) is 2. The number of aromatic carboxylic acids is 1. The van der Waals surface area contributed by atoms with E-state index in [2.05, 4.69) is 19.2 Å². The van der Waals surface area contributed by atoms with E-state index >= 15 is 0 Å². The van der Waals surface area contributed by atoms with Crippen molar-refractivity contribution in [3.63, 3.8) is 0 Å². The number of carbonyl (C=O) groups excluding carboxylic acids is 1. The van der Waals surface area contributed by atoms with Gasteiger partial charge in [0.25, 0.3) is 0 Å². The molecule has 0 heterocycles. The van der Waals surface area contributed by atoms with Crippen LogP contribution >= 0.6 is 0 Å². The number of nitrogens with one attached hydrogen (secondary N) is 1. The molecule has 98 valence electrons. The molecule has 1 aromatic rings. The van der Waals surface area contributed by atoms with Crippen LogP contribution in [-0.4, -0.2) is 23.5 Å². The Bertz CT molecular complexity index is 429. The van der Waals surface area contributed by atoms with Gasteiger partial charge in [-0.3, -0.25) is 4.79 Å². The van der Waals surface area contributed by atoms with Gasteiger partial charge >= 0.3 is 5.97 Å². The van der Waals surface area contributed by atoms with E-state index < -0.39 is 5.97 Å². The highest BCUT2D eigenvalue weighted by Gasteiger charge is 2.12. The molecule has 0 bridgehead atoms. The second kappa shape index (κ2) is 6.79. The van der Waals surface area contributed by atoms with Crippen molar-refractivity contribution in [1.29, 1.82) is 0 Å². The minimum atomic E-state index is -1.000. The van der Waals surface area contributed by atoms with E-state index in [4.69, 9.17) is 5.11 Å². The van der Waals surface area contributed by atoms with Gasteiger partial charge in [-0.1, -0.05) is 38.5 Å². The third kappa shape index (κ3) is 4.20. The van der Waals surface area contributed by atoms with E-state index in [0.717, 1.165) is 6.42 Å². The first-order valence-corrected chi connectivity index (χ1v) is 6.12. The summed E-state index contributed by atoms with van der Waals surface area (Å²) in [5.41, 5.74) is 0.739. The molecule has 0 fully saturated rings. The monoisotopic (exact) mass is 249 g/mol. The van der Waals surface area contributed by atoms with Gasteiger partial charge in [0.15, 0.2) is 0 Å². The highest BCUT2D eigenvalue weighted by atomic mass is 16.4. The normalized spacial score (nSPS) is 11.9. The first-order valence-electron chi connectivity index (χ1n) is 6.12. The van der Waals surface area contributed by atoms with Gasteiger partial charge in [-0.2, -0.15) is 0 Å². The summed E-state index contributed by atoms with van der Waals surface area (Å²) in [6.07, 6.45) is 1.12. The average molecular weight is 249 g/mol. The van der Waals surface area contributed by atoms with Crippen LogP contribution in [0.2, 0.25) is 0 Å². The van der Waals surface area contributed by atoms with Gasteiger partial charge in [-0.25, -0.2) is 4.79 Å². The van der Waals surface area contributed by atoms with Crippen molar-refractivity contribution in [3.05, 3.63) is 35.4 Å². The molecule has 0 aromatic heterocycles. The zero-order valence-corrected chi connectivity index (χ0v) is 10.8. The Balaban J connectivity index is 2.62. The Labute approximate surface area is 107 Å². The third-order valence-electron chi connectivity index (χ3n) is 2.94. The highest BCUT2D eigenvalue weighted by Crippen LogP contribution is 2.09. The Kier molecular flexibility index (Phi) is 5.36. The molecule has 2 N–H and O–H groups in total. The van der Waals surface area contributed by atoms with E-state index in [1.807, 2.05) is 0 Å². The number of carboxylic acid groups (broad SMARTS) is 1. The molecule has 0 saturated carbocycles. The molecule has 1 amide bonds. The van der Waals surface area contributed by atoms with Crippen LogP contribution < -0.4 is 5.32 Å². The molecular weight excluding hydrogens is 230 g/mol. The minimum Gasteiger partial charge on any atom is -0.478 e. The summed E-state index contributed by atoms with van der Waals surface area (Å²) in [7, 11) is 0. The van der Waals surface area contributed by atoms with Crippen LogP contribution in [-0.2, 0) is 11.2 Å². The molecule has 0 aliphatic carbocycles. The van der Waals surface area contributed by atoms with Crippen molar-refractivity contribution in [3.8, 4) is 0 Å². The number of rotatable bonds is 6. The fourth-order valence-corrected chi connectivity index (χ4v) is 1.55. The summed E-state index contributed by atoms with van der Waals surface area (Å²) in [4.78, 5) is 22.7. The summed E-state index contributed by atoms with van der Waals surface area (Å²) in [5.74, 6) is -0.701. The maximum Gasteiger partial charge on any atom is 0.335 e. The van der Waals surface area contributed by atoms with E-state index in [1.165, 1.54) is 6.07 Å². The van der Waals surface area contributed by atoms with Gasteiger partial charge in [0, 0.05) is 6.54 Å². The second-order valence-electron chi connectivity index (χ2n) is 4.46. The standard InChI is InChI=1S/C14H19NO3/c1-3-10(2)9-15-13(16)8-11-6-4-5-7-12(11)14(17)18/h4-7,10H,3,8-9H2,1-2H3,(H,15,16)(H,17,18). The molecule has 0 spiro atoms. The van der Waals surface area contributed by atoms with E-state index in [-0.39, 0.29) is 17.9 Å². The van der Waals surface area contributed by atoms with Crippen LogP contribution in [0.3, 0.4) is 0 Å². The number of carboxylic acids is 1.